The standard InChI is InChI=1S/C16H18FN3OS/c1-12-11-18-16(22-12)20-7-3-6-19(8-9-20)15(21)13-4-2-5-14(17)10-13/h2,4-5,10-11H,3,6-9H2,1H3. The number of nitrogens with zero attached hydrogens (tertiary/aromatic N) is 3. The fraction of sp³-hybridized carbons (Fsp3) is 0.375. The van der Waals surface area contributed by atoms with Gasteiger partial charge in [0.2, 0.25) is 0 Å². The van der Waals surface area contributed by atoms with Gasteiger partial charge in [-0.15, -0.1) is 11.3 Å². The molecule has 3 rings (SSSR count). The van der Waals surface area contributed by atoms with Crippen molar-refractivity contribution in [2.24, 2.45) is 0 Å². The molecule has 1 amide bonds. The van der Waals surface area contributed by atoms with Crippen LogP contribution in [0.1, 0.15) is 21.7 Å². The van der Waals surface area contributed by atoms with E-state index in [-0.39, 0.29) is 11.7 Å². The lowest BCUT2D eigenvalue weighted by molar-refractivity contribution is 0.0766. The summed E-state index contributed by atoms with van der Waals surface area (Å²) >= 11 is 1.67. The van der Waals surface area contributed by atoms with E-state index < -0.39 is 0 Å². The number of hydrogen-bond donors (Lipinski definition) is 0. The summed E-state index contributed by atoms with van der Waals surface area (Å²) < 4.78 is 13.3. The van der Waals surface area contributed by atoms with E-state index >= 15 is 0 Å². The molecule has 0 bridgehead atoms. The number of aromatic nitrogens is 1. The number of aryl methyl sites for hydroxylation is 1. The summed E-state index contributed by atoms with van der Waals surface area (Å²) in [5, 5.41) is 1.01. The second-order valence-electron chi connectivity index (χ2n) is 5.40. The number of thiazole rings is 1. The van der Waals surface area contributed by atoms with Gasteiger partial charge < -0.3 is 9.80 Å². The lowest BCUT2D eigenvalue weighted by Gasteiger charge is -2.21. The number of carbonyl (C=O) groups excluding carboxylic acids is 1. The lowest BCUT2D eigenvalue weighted by atomic mass is 10.2. The Morgan fingerprint density at radius 3 is 2.86 bits per heavy atom. The van der Waals surface area contributed by atoms with E-state index in [0.717, 1.165) is 24.6 Å². The van der Waals surface area contributed by atoms with Gasteiger partial charge in [-0.3, -0.25) is 4.79 Å². The lowest BCUT2D eigenvalue weighted by Crippen LogP contribution is -2.35. The van der Waals surface area contributed by atoms with Crippen molar-refractivity contribution in [2.45, 2.75) is 13.3 Å². The Morgan fingerprint density at radius 1 is 1.27 bits per heavy atom. The molecule has 116 valence electrons. The Bertz CT molecular complexity index is 673. The maximum atomic E-state index is 13.3. The normalized spacial score (nSPS) is 15.7. The van der Waals surface area contributed by atoms with Crippen molar-refractivity contribution >= 4 is 22.4 Å². The molecule has 0 radical (unpaired) electrons. The van der Waals surface area contributed by atoms with Crippen molar-refractivity contribution in [1.82, 2.24) is 9.88 Å². The third kappa shape index (κ3) is 3.27. The number of benzene rings is 1. The second kappa shape index (κ2) is 6.44. The molecular formula is C16H18FN3OS. The molecule has 0 atom stereocenters. The van der Waals surface area contributed by atoms with Gasteiger partial charge >= 0.3 is 0 Å². The SMILES string of the molecule is Cc1cnc(N2CCCN(C(=O)c3cccc(F)c3)CC2)s1. The third-order valence-electron chi connectivity index (χ3n) is 3.73. The molecule has 2 heterocycles. The van der Waals surface area contributed by atoms with Crippen LogP contribution in [0.15, 0.2) is 30.5 Å². The van der Waals surface area contributed by atoms with Crippen LogP contribution in [0.5, 0.6) is 0 Å². The topological polar surface area (TPSA) is 36.4 Å². The summed E-state index contributed by atoms with van der Waals surface area (Å²) in [7, 11) is 0. The maximum absolute atomic E-state index is 13.3. The molecule has 1 aromatic carbocycles. The summed E-state index contributed by atoms with van der Waals surface area (Å²) in [6, 6.07) is 5.89. The van der Waals surface area contributed by atoms with Gasteiger partial charge in [0.1, 0.15) is 5.82 Å². The number of amides is 1. The largest absolute Gasteiger partial charge is 0.346 e. The Balaban J connectivity index is 1.68. The van der Waals surface area contributed by atoms with Crippen LogP contribution < -0.4 is 4.90 Å². The Labute approximate surface area is 133 Å². The van der Waals surface area contributed by atoms with Gasteiger partial charge in [-0.25, -0.2) is 9.37 Å². The summed E-state index contributed by atoms with van der Waals surface area (Å²) in [4.78, 5) is 22.1. The van der Waals surface area contributed by atoms with Crippen LogP contribution in [-0.4, -0.2) is 42.0 Å². The van der Waals surface area contributed by atoms with Crippen molar-refractivity contribution in [3.05, 3.63) is 46.7 Å². The van der Waals surface area contributed by atoms with E-state index in [0.29, 0.717) is 18.7 Å². The first-order valence-corrected chi connectivity index (χ1v) is 8.17. The van der Waals surface area contributed by atoms with Crippen molar-refractivity contribution in [1.29, 1.82) is 0 Å². The average molecular weight is 319 g/mol. The molecule has 0 N–H and O–H groups in total. The monoisotopic (exact) mass is 319 g/mol. The molecule has 0 spiro atoms. The van der Waals surface area contributed by atoms with Gasteiger partial charge in [-0.1, -0.05) is 6.07 Å². The highest BCUT2D eigenvalue weighted by atomic mass is 32.1. The van der Waals surface area contributed by atoms with Crippen LogP contribution in [0.4, 0.5) is 9.52 Å². The second-order valence-corrected chi connectivity index (χ2v) is 6.61. The third-order valence-corrected chi connectivity index (χ3v) is 4.71. The maximum Gasteiger partial charge on any atom is 0.254 e. The summed E-state index contributed by atoms with van der Waals surface area (Å²) in [5.41, 5.74) is 0.415. The number of carbonyl (C=O) groups is 1. The van der Waals surface area contributed by atoms with E-state index in [1.165, 1.54) is 17.0 Å². The quantitative estimate of drug-likeness (QED) is 0.854. The fourth-order valence-electron chi connectivity index (χ4n) is 2.60. The fourth-order valence-corrected chi connectivity index (χ4v) is 3.42. The van der Waals surface area contributed by atoms with Crippen LogP contribution in [-0.2, 0) is 0 Å². The van der Waals surface area contributed by atoms with Crippen LogP contribution in [0.3, 0.4) is 0 Å². The predicted molar refractivity (Wildman–Crippen MR) is 86.0 cm³/mol. The van der Waals surface area contributed by atoms with Gasteiger partial charge in [-0.2, -0.15) is 0 Å². The summed E-state index contributed by atoms with van der Waals surface area (Å²) in [5.74, 6) is -0.475. The molecule has 0 unspecified atom stereocenters. The average Bonchev–Trinajstić information content (AvgIpc) is 2.80. The highest BCUT2D eigenvalue weighted by Crippen LogP contribution is 2.23. The van der Waals surface area contributed by atoms with Crippen molar-refractivity contribution in [2.75, 3.05) is 31.1 Å². The summed E-state index contributed by atoms with van der Waals surface area (Å²) in [6.45, 7) is 5.01. The molecule has 1 aliphatic heterocycles. The highest BCUT2D eigenvalue weighted by molar-refractivity contribution is 7.15. The zero-order chi connectivity index (χ0) is 15.5. The van der Waals surface area contributed by atoms with Crippen molar-refractivity contribution in [3.63, 3.8) is 0 Å². The van der Waals surface area contributed by atoms with E-state index in [9.17, 15) is 9.18 Å². The molecule has 2 aromatic rings. The number of halogens is 1. The molecule has 1 aliphatic rings. The molecule has 6 heteroatoms. The van der Waals surface area contributed by atoms with E-state index in [1.54, 1.807) is 28.4 Å². The Kier molecular flexibility index (Phi) is 4.38. The molecule has 0 aliphatic carbocycles. The molecular weight excluding hydrogens is 301 g/mol. The van der Waals surface area contributed by atoms with Gasteiger partial charge in [-0.05, 0) is 31.5 Å². The molecule has 4 nitrogen and oxygen atoms in total. The van der Waals surface area contributed by atoms with Crippen LogP contribution in [0.2, 0.25) is 0 Å². The van der Waals surface area contributed by atoms with Crippen LogP contribution >= 0.6 is 11.3 Å². The van der Waals surface area contributed by atoms with Gasteiger partial charge in [0, 0.05) is 42.8 Å². The minimum Gasteiger partial charge on any atom is -0.346 e. The molecule has 1 aromatic heterocycles. The number of hydrogen-bond acceptors (Lipinski definition) is 4. The molecule has 22 heavy (non-hydrogen) atoms. The van der Waals surface area contributed by atoms with Crippen molar-refractivity contribution < 1.29 is 9.18 Å². The minimum absolute atomic E-state index is 0.100. The first kappa shape index (κ1) is 15.0. The van der Waals surface area contributed by atoms with Gasteiger partial charge in [0.25, 0.3) is 5.91 Å². The van der Waals surface area contributed by atoms with Crippen LogP contribution in [0, 0.1) is 12.7 Å². The van der Waals surface area contributed by atoms with E-state index in [1.807, 2.05) is 13.1 Å². The van der Waals surface area contributed by atoms with Crippen LogP contribution in [0.25, 0.3) is 0 Å². The summed E-state index contributed by atoms with van der Waals surface area (Å²) in [6.07, 6.45) is 2.76. The Morgan fingerprint density at radius 2 is 2.14 bits per heavy atom. The van der Waals surface area contributed by atoms with Gasteiger partial charge in [0.05, 0.1) is 0 Å². The molecule has 0 saturated carbocycles. The minimum atomic E-state index is -0.374. The zero-order valence-electron chi connectivity index (χ0n) is 12.5. The van der Waals surface area contributed by atoms with E-state index in [4.69, 9.17) is 0 Å². The van der Waals surface area contributed by atoms with E-state index in [2.05, 4.69) is 9.88 Å². The Hall–Kier alpha value is -1.95. The number of rotatable bonds is 2. The number of anilines is 1. The highest BCUT2D eigenvalue weighted by Gasteiger charge is 2.21. The first-order chi connectivity index (χ1) is 10.6. The smallest absolute Gasteiger partial charge is 0.254 e. The zero-order valence-corrected chi connectivity index (χ0v) is 13.3. The molecule has 1 saturated heterocycles. The van der Waals surface area contributed by atoms with Gasteiger partial charge in [0.15, 0.2) is 5.13 Å². The predicted octanol–water partition coefficient (Wildman–Crippen LogP) is 2.94. The molecule has 1 fully saturated rings. The van der Waals surface area contributed by atoms with Crippen molar-refractivity contribution in [3.8, 4) is 0 Å². The first-order valence-electron chi connectivity index (χ1n) is 7.36.